The van der Waals surface area contributed by atoms with Gasteiger partial charge in [-0.3, -0.25) is 0 Å². The van der Waals surface area contributed by atoms with Crippen LogP contribution in [-0.4, -0.2) is 18.1 Å². The van der Waals surface area contributed by atoms with Gasteiger partial charge in [-0.05, 0) is 40.3 Å². The normalized spacial score (nSPS) is 20.8. The first-order valence-corrected chi connectivity index (χ1v) is 6.53. The molecular formula is C12H18BrN3. The molecule has 2 N–H and O–H groups in total. The lowest BCUT2D eigenvalue weighted by molar-refractivity contribution is 0.422. The maximum atomic E-state index is 5.99. The Morgan fingerprint density at radius 3 is 2.88 bits per heavy atom. The van der Waals surface area contributed by atoms with Crippen LogP contribution >= 0.6 is 15.9 Å². The lowest BCUT2D eigenvalue weighted by atomic mass is 9.95. The summed E-state index contributed by atoms with van der Waals surface area (Å²) in [7, 11) is 0. The number of aromatic nitrogens is 1. The molecule has 0 radical (unpaired) electrons. The molecule has 2 heterocycles. The van der Waals surface area contributed by atoms with Crippen LogP contribution in [0.3, 0.4) is 0 Å². The highest BCUT2D eigenvalue weighted by molar-refractivity contribution is 9.10. The Hall–Kier alpha value is -0.770. The van der Waals surface area contributed by atoms with E-state index in [4.69, 9.17) is 5.73 Å². The van der Waals surface area contributed by atoms with E-state index >= 15 is 0 Å². The van der Waals surface area contributed by atoms with E-state index in [2.05, 4.69) is 39.7 Å². The van der Waals surface area contributed by atoms with E-state index in [1.54, 1.807) is 0 Å². The fraction of sp³-hybridized carbons (Fsp3) is 0.583. The number of pyridine rings is 1. The summed E-state index contributed by atoms with van der Waals surface area (Å²) in [5, 5.41) is 0. The Balaban J connectivity index is 2.14. The molecule has 1 fully saturated rings. The summed E-state index contributed by atoms with van der Waals surface area (Å²) in [5.41, 5.74) is 6.75. The van der Waals surface area contributed by atoms with Crippen LogP contribution in [0.15, 0.2) is 16.7 Å². The number of nitrogens with two attached hydrogens (primary N) is 1. The van der Waals surface area contributed by atoms with Gasteiger partial charge in [-0.1, -0.05) is 13.8 Å². The minimum absolute atomic E-state index is 0.738. The second-order valence-electron chi connectivity index (χ2n) is 4.81. The number of hydrogen-bond acceptors (Lipinski definition) is 3. The third-order valence-electron chi connectivity index (χ3n) is 3.33. The van der Waals surface area contributed by atoms with E-state index in [0.717, 1.165) is 40.9 Å². The molecule has 0 aromatic carbocycles. The summed E-state index contributed by atoms with van der Waals surface area (Å²) in [4.78, 5) is 6.71. The van der Waals surface area contributed by atoms with Crippen LogP contribution in [-0.2, 0) is 0 Å². The second-order valence-corrected chi connectivity index (χ2v) is 5.72. The highest BCUT2D eigenvalue weighted by Gasteiger charge is 2.26. The van der Waals surface area contributed by atoms with Crippen LogP contribution in [0, 0.1) is 11.8 Å². The first kappa shape index (κ1) is 11.7. The molecule has 88 valence electrons. The number of halogens is 1. The van der Waals surface area contributed by atoms with Crippen molar-refractivity contribution in [1.82, 2.24) is 4.98 Å². The van der Waals surface area contributed by atoms with Crippen molar-refractivity contribution in [1.29, 1.82) is 0 Å². The molecule has 0 spiro atoms. The molecule has 2 rings (SSSR count). The highest BCUT2D eigenvalue weighted by Crippen LogP contribution is 2.31. The van der Waals surface area contributed by atoms with Crippen LogP contribution in [0.25, 0.3) is 0 Å². The third-order valence-corrected chi connectivity index (χ3v) is 3.76. The van der Waals surface area contributed by atoms with E-state index in [9.17, 15) is 0 Å². The van der Waals surface area contributed by atoms with E-state index < -0.39 is 0 Å². The number of nitrogens with zero attached hydrogens (tertiary/aromatic N) is 2. The van der Waals surface area contributed by atoms with Gasteiger partial charge in [-0.2, -0.15) is 0 Å². The zero-order valence-electron chi connectivity index (χ0n) is 9.78. The molecule has 4 heteroatoms. The molecule has 0 aliphatic carbocycles. The minimum Gasteiger partial charge on any atom is -0.396 e. The lowest BCUT2D eigenvalue weighted by Gasteiger charge is -2.20. The van der Waals surface area contributed by atoms with Crippen molar-refractivity contribution < 1.29 is 0 Å². The Morgan fingerprint density at radius 1 is 1.56 bits per heavy atom. The van der Waals surface area contributed by atoms with Crippen molar-refractivity contribution in [2.45, 2.75) is 20.3 Å². The zero-order chi connectivity index (χ0) is 11.7. The maximum absolute atomic E-state index is 5.99. The molecule has 1 atom stereocenters. The highest BCUT2D eigenvalue weighted by atomic mass is 79.9. The standard InChI is InChI=1S/C12H18BrN3/c1-8(2)9-3-4-16(7-9)12-11(14)5-10(13)6-15-12/h5-6,8-9H,3-4,7,14H2,1-2H3. The van der Waals surface area contributed by atoms with Gasteiger partial charge in [0.1, 0.15) is 0 Å². The summed E-state index contributed by atoms with van der Waals surface area (Å²) in [5.74, 6) is 2.44. The van der Waals surface area contributed by atoms with Gasteiger partial charge in [-0.15, -0.1) is 0 Å². The van der Waals surface area contributed by atoms with Crippen LogP contribution in [0.5, 0.6) is 0 Å². The minimum atomic E-state index is 0.738. The third kappa shape index (κ3) is 2.32. The smallest absolute Gasteiger partial charge is 0.151 e. The van der Waals surface area contributed by atoms with E-state index in [0.29, 0.717) is 0 Å². The summed E-state index contributed by atoms with van der Waals surface area (Å²) in [6.07, 6.45) is 3.06. The van der Waals surface area contributed by atoms with Crippen LogP contribution in [0.2, 0.25) is 0 Å². The summed E-state index contributed by atoms with van der Waals surface area (Å²) < 4.78 is 0.938. The van der Waals surface area contributed by atoms with Gasteiger partial charge < -0.3 is 10.6 Å². The molecule has 1 aliphatic heterocycles. The number of hydrogen-bond donors (Lipinski definition) is 1. The average Bonchev–Trinajstić information content (AvgIpc) is 2.66. The average molecular weight is 284 g/mol. The van der Waals surface area contributed by atoms with Gasteiger partial charge >= 0.3 is 0 Å². The molecule has 3 nitrogen and oxygen atoms in total. The zero-order valence-corrected chi connectivity index (χ0v) is 11.4. The molecule has 16 heavy (non-hydrogen) atoms. The number of nitrogen functional groups attached to an aromatic ring is 1. The fourth-order valence-corrected chi connectivity index (χ4v) is 2.58. The van der Waals surface area contributed by atoms with E-state index in [1.165, 1.54) is 6.42 Å². The van der Waals surface area contributed by atoms with Gasteiger partial charge in [0.15, 0.2) is 5.82 Å². The first-order chi connectivity index (χ1) is 7.58. The Bertz CT molecular complexity index is 379. The SMILES string of the molecule is CC(C)C1CCN(c2ncc(Br)cc2N)C1. The Morgan fingerprint density at radius 2 is 2.31 bits per heavy atom. The summed E-state index contributed by atoms with van der Waals surface area (Å²) in [6.45, 7) is 6.72. The monoisotopic (exact) mass is 283 g/mol. The molecule has 1 aromatic heterocycles. The van der Waals surface area contributed by atoms with Crippen LogP contribution in [0.1, 0.15) is 20.3 Å². The van der Waals surface area contributed by atoms with Gasteiger partial charge in [0, 0.05) is 23.8 Å². The molecule has 0 amide bonds. The van der Waals surface area contributed by atoms with Gasteiger partial charge in [0.2, 0.25) is 0 Å². The van der Waals surface area contributed by atoms with Crippen molar-refractivity contribution >= 4 is 27.4 Å². The molecule has 1 aromatic rings. The fourth-order valence-electron chi connectivity index (χ4n) is 2.24. The van der Waals surface area contributed by atoms with Gasteiger partial charge in [-0.25, -0.2) is 4.98 Å². The topological polar surface area (TPSA) is 42.2 Å². The second kappa shape index (κ2) is 4.62. The molecule has 0 saturated carbocycles. The molecule has 1 unspecified atom stereocenters. The van der Waals surface area contributed by atoms with Crippen molar-refractivity contribution in [2.75, 3.05) is 23.7 Å². The molecular weight excluding hydrogens is 266 g/mol. The lowest BCUT2D eigenvalue weighted by Crippen LogP contribution is -2.23. The van der Waals surface area contributed by atoms with Crippen molar-refractivity contribution in [3.8, 4) is 0 Å². The number of rotatable bonds is 2. The predicted molar refractivity (Wildman–Crippen MR) is 71.5 cm³/mol. The Kier molecular flexibility index (Phi) is 3.38. The van der Waals surface area contributed by atoms with Crippen molar-refractivity contribution in [2.24, 2.45) is 11.8 Å². The van der Waals surface area contributed by atoms with E-state index in [-0.39, 0.29) is 0 Å². The quantitative estimate of drug-likeness (QED) is 0.908. The largest absolute Gasteiger partial charge is 0.396 e. The van der Waals surface area contributed by atoms with Crippen LogP contribution < -0.4 is 10.6 Å². The molecule has 0 bridgehead atoms. The maximum Gasteiger partial charge on any atom is 0.151 e. The van der Waals surface area contributed by atoms with Crippen molar-refractivity contribution in [3.63, 3.8) is 0 Å². The predicted octanol–water partition coefficient (Wildman–Crippen LogP) is 2.91. The summed E-state index contributed by atoms with van der Waals surface area (Å²) >= 11 is 3.38. The van der Waals surface area contributed by atoms with Gasteiger partial charge in [0.25, 0.3) is 0 Å². The molecule has 1 saturated heterocycles. The summed E-state index contributed by atoms with van der Waals surface area (Å²) in [6, 6.07) is 1.92. The van der Waals surface area contributed by atoms with Crippen molar-refractivity contribution in [3.05, 3.63) is 16.7 Å². The van der Waals surface area contributed by atoms with Gasteiger partial charge in [0.05, 0.1) is 5.69 Å². The first-order valence-electron chi connectivity index (χ1n) is 5.74. The molecule has 1 aliphatic rings. The Labute approximate surface area is 105 Å². The van der Waals surface area contributed by atoms with E-state index in [1.807, 2.05) is 12.3 Å². The van der Waals surface area contributed by atoms with Crippen LogP contribution in [0.4, 0.5) is 11.5 Å². The number of anilines is 2.